The minimum absolute atomic E-state index is 0.0408. The van der Waals surface area contributed by atoms with E-state index in [0.29, 0.717) is 11.3 Å². The summed E-state index contributed by atoms with van der Waals surface area (Å²) < 4.78 is 15.2. The number of hydrogen-bond donors (Lipinski definition) is 1. The number of nitrogens with two attached hydrogens (primary N) is 1. The van der Waals surface area contributed by atoms with Gasteiger partial charge in [0.05, 0.1) is 17.8 Å². The van der Waals surface area contributed by atoms with E-state index in [2.05, 4.69) is 4.98 Å². The minimum atomic E-state index is -0.573. The van der Waals surface area contributed by atoms with Crippen LogP contribution in [0.2, 0.25) is 0 Å². The fourth-order valence-corrected chi connectivity index (χ4v) is 2.55. The molecule has 3 aromatic rings. The van der Waals surface area contributed by atoms with Crippen molar-refractivity contribution in [2.24, 2.45) is 0 Å². The number of ketones is 1. The van der Waals surface area contributed by atoms with E-state index in [4.69, 9.17) is 5.73 Å². The number of benzene rings is 1. The number of carbonyl (C=O) groups is 1. The number of Topliss-reactive ketones (excluding diaryl/α,β-unsaturated/α-hetero) is 1. The molecule has 2 aromatic heterocycles. The number of anilines is 1. The Balaban J connectivity index is 1.84. The van der Waals surface area contributed by atoms with Crippen LogP contribution in [0.5, 0.6) is 0 Å². The second-order valence-electron chi connectivity index (χ2n) is 4.16. The highest BCUT2D eigenvalue weighted by Gasteiger charge is 2.12. The largest absolute Gasteiger partial charge is 0.396 e. The van der Waals surface area contributed by atoms with Gasteiger partial charge in [0.2, 0.25) is 0 Å². The quantitative estimate of drug-likeness (QED) is 0.590. The maximum atomic E-state index is 13.3. The molecule has 2 heterocycles. The van der Waals surface area contributed by atoms with Gasteiger partial charge >= 0.3 is 0 Å². The van der Waals surface area contributed by atoms with Crippen molar-refractivity contribution in [2.45, 2.75) is 6.42 Å². The third-order valence-electron chi connectivity index (χ3n) is 2.81. The molecular weight excluding hydrogens is 265 g/mol. The van der Waals surface area contributed by atoms with Gasteiger partial charge in [-0.1, -0.05) is 0 Å². The first kappa shape index (κ1) is 11.9. The molecule has 2 N–H and O–H groups in total. The number of rotatable bonds is 3. The SMILES string of the molecule is Nc1ccc(C(=O)Cc2cn3ccsc3n2)cc1F. The normalized spacial score (nSPS) is 11.0. The molecule has 0 amide bonds. The van der Waals surface area contributed by atoms with E-state index in [9.17, 15) is 9.18 Å². The molecule has 0 bridgehead atoms. The molecule has 19 heavy (non-hydrogen) atoms. The van der Waals surface area contributed by atoms with Crippen LogP contribution >= 0.6 is 11.3 Å². The van der Waals surface area contributed by atoms with E-state index in [-0.39, 0.29) is 17.9 Å². The average molecular weight is 275 g/mol. The van der Waals surface area contributed by atoms with Gasteiger partial charge < -0.3 is 5.73 Å². The zero-order chi connectivity index (χ0) is 13.4. The highest BCUT2D eigenvalue weighted by atomic mass is 32.1. The van der Waals surface area contributed by atoms with Crippen molar-refractivity contribution in [3.63, 3.8) is 0 Å². The zero-order valence-corrected chi connectivity index (χ0v) is 10.7. The number of thiazole rings is 1. The predicted molar refractivity (Wildman–Crippen MR) is 71.9 cm³/mol. The van der Waals surface area contributed by atoms with Crippen LogP contribution in [-0.2, 0) is 6.42 Å². The maximum Gasteiger partial charge on any atom is 0.193 e. The summed E-state index contributed by atoms with van der Waals surface area (Å²) >= 11 is 1.50. The summed E-state index contributed by atoms with van der Waals surface area (Å²) in [5.74, 6) is -0.749. The number of nitrogens with zero attached hydrogens (tertiary/aromatic N) is 2. The smallest absolute Gasteiger partial charge is 0.193 e. The lowest BCUT2D eigenvalue weighted by Crippen LogP contribution is -2.05. The Labute approximate surface area is 112 Å². The highest BCUT2D eigenvalue weighted by molar-refractivity contribution is 7.15. The summed E-state index contributed by atoms with van der Waals surface area (Å²) in [5.41, 5.74) is 6.40. The molecule has 4 nitrogen and oxygen atoms in total. The fourth-order valence-electron chi connectivity index (χ4n) is 1.83. The lowest BCUT2D eigenvalue weighted by Gasteiger charge is -2.01. The van der Waals surface area contributed by atoms with Crippen LogP contribution in [0.1, 0.15) is 16.1 Å². The molecule has 0 aliphatic heterocycles. The number of halogens is 1. The lowest BCUT2D eigenvalue weighted by molar-refractivity contribution is 0.0991. The number of imidazole rings is 1. The zero-order valence-electron chi connectivity index (χ0n) is 9.84. The molecule has 0 atom stereocenters. The van der Waals surface area contributed by atoms with Crippen LogP contribution < -0.4 is 5.73 Å². The molecule has 0 radical (unpaired) electrons. The highest BCUT2D eigenvalue weighted by Crippen LogP contribution is 2.16. The first-order chi connectivity index (χ1) is 9.13. The first-order valence-corrected chi connectivity index (χ1v) is 6.51. The monoisotopic (exact) mass is 275 g/mol. The fraction of sp³-hybridized carbons (Fsp3) is 0.0769. The van der Waals surface area contributed by atoms with E-state index in [1.807, 2.05) is 16.0 Å². The van der Waals surface area contributed by atoms with E-state index < -0.39 is 5.82 Å². The van der Waals surface area contributed by atoms with Gasteiger partial charge in [-0.2, -0.15) is 0 Å². The summed E-state index contributed by atoms with van der Waals surface area (Å²) in [4.78, 5) is 17.2. The topological polar surface area (TPSA) is 60.4 Å². The Morgan fingerprint density at radius 1 is 1.47 bits per heavy atom. The van der Waals surface area contributed by atoms with Crippen molar-refractivity contribution in [3.8, 4) is 0 Å². The van der Waals surface area contributed by atoms with E-state index in [1.165, 1.54) is 23.5 Å². The summed E-state index contributed by atoms with van der Waals surface area (Å²) in [6.07, 6.45) is 3.83. The van der Waals surface area contributed by atoms with Crippen LogP contribution in [0.15, 0.2) is 36.0 Å². The standard InChI is InChI=1S/C13H10FN3OS/c14-10-5-8(1-2-11(10)15)12(18)6-9-7-17-3-4-19-13(17)16-9/h1-5,7H,6,15H2. The Hall–Kier alpha value is -2.21. The number of carbonyl (C=O) groups excluding carboxylic acids is 1. The molecular formula is C13H10FN3OS. The predicted octanol–water partition coefficient (Wildman–Crippen LogP) is 2.54. The van der Waals surface area contributed by atoms with Gasteiger partial charge in [0, 0.05) is 23.3 Å². The number of hydrogen-bond acceptors (Lipinski definition) is 4. The van der Waals surface area contributed by atoms with Crippen LogP contribution in [-0.4, -0.2) is 15.2 Å². The molecule has 96 valence electrons. The number of aromatic nitrogens is 2. The van der Waals surface area contributed by atoms with Crippen LogP contribution in [0.3, 0.4) is 0 Å². The van der Waals surface area contributed by atoms with Gasteiger partial charge in [0.25, 0.3) is 0 Å². The van der Waals surface area contributed by atoms with Crippen LogP contribution in [0.25, 0.3) is 4.96 Å². The molecule has 0 aliphatic carbocycles. The lowest BCUT2D eigenvalue weighted by atomic mass is 10.1. The minimum Gasteiger partial charge on any atom is -0.396 e. The average Bonchev–Trinajstić information content (AvgIpc) is 2.93. The van der Waals surface area contributed by atoms with Gasteiger partial charge in [0.15, 0.2) is 10.7 Å². The molecule has 1 aromatic carbocycles. The van der Waals surface area contributed by atoms with Crippen molar-refractivity contribution >= 4 is 27.8 Å². The molecule has 0 unspecified atom stereocenters. The van der Waals surface area contributed by atoms with Crippen LogP contribution in [0, 0.1) is 5.82 Å². The number of nitrogen functional groups attached to an aromatic ring is 1. The first-order valence-electron chi connectivity index (χ1n) is 5.63. The van der Waals surface area contributed by atoms with Gasteiger partial charge in [-0.05, 0) is 18.2 Å². The van der Waals surface area contributed by atoms with E-state index in [0.717, 1.165) is 11.0 Å². The Bertz CT molecular complexity index is 734. The maximum absolute atomic E-state index is 13.3. The summed E-state index contributed by atoms with van der Waals surface area (Å²) in [6, 6.07) is 4.09. The van der Waals surface area contributed by atoms with Crippen molar-refractivity contribution in [2.75, 3.05) is 5.73 Å². The number of fused-ring (bicyclic) bond motifs is 1. The molecule has 3 rings (SSSR count). The molecule has 0 saturated heterocycles. The van der Waals surface area contributed by atoms with Gasteiger partial charge in [0.1, 0.15) is 5.82 Å². The summed E-state index contributed by atoms with van der Waals surface area (Å²) in [5, 5.41) is 1.92. The molecule has 0 saturated carbocycles. The van der Waals surface area contributed by atoms with Gasteiger partial charge in [-0.15, -0.1) is 11.3 Å². The summed E-state index contributed by atoms with van der Waals surface area (Å²) in [6.45, 7) is 0. The van der Waals surface area contributed by atoms with Crippen molar-refractivity contribution in [1.29, 1.82) is 0 Å². The van der Waals surface area contributed by atoms with Gasteiger partial charge in [-0.25, -0.2) is 9.37 Å². The molecule has 0 aliphatic rings. The second-order valence-corrected chi connectivity index (χ2v) is 5.03. The molecule has 0 spiro atoms. The van der Waals surface area contributed by atoms with Crippen molar-refractivity contribution in [3.05, 3.63) is 53.0 Å². The van der Waals surface area contributed by atoms with E-state index in [1.54, 1.807) is 6.20 Å². The summed E-state index contributed by atoms with van der Waals surface area (Å²) in [7, 11) is 0. The van der Waals surface area contributed by atoms with E-state index >= 15 is 0 Å². The Morgan fingerprint density at radius 3 is 3.05 bits per heavy atom. The van der Waals surface area contributed by atoms with Gasteiger partial charge in [-0.3, -0.25) is 9.20 Å². The third kappa shape index (κ3) is 2.22. The second kappa shape index (κ2) is 4.47. The Kier molecular flexibility index (Phi) is 2.79. The molecule has 6 heteroatoms. The van der Waals surface area contributed by atoms with Crippen molar-refractivity contribution < 1.29 is 9.18 Å². The van der Waals surface area contributed by atoms with Crippen molar-refractivity contribution in [1.82, 2.24) is 9.38 Å². The molecule has 0 fully saturated rings. The Morgan fingerprint density at radius 2 is 2.32 bits per heavy atom. The van der Waals surface area contributed by atoms with Crippen LogP contribution in [0.4, 0.5) is 10.1 Å². The third-order valence-corrected chi connectivity index (χ3v) is 3.58.